The Hall–Kier alpha value is -2.02. The van der Waals surface area contributed by atoms with Gasteiger partial charge in [-0.2, -0.15) is 0 Å². The fourth-order valence-corrected chi connectivity index (χ4v) is 1.24. The molecule has 0 radical (unpaired) electrons. The smallest absolute Gasteiger partial charge is 0.253 e. The van der Waals surface area contributed by atoms with Gasteiger partial charge in [0.1, 0.15) is 5.82 Å². The summed E-state index contributed by atoms with van der Waals surface area (Å²) in [7, 11) is 0. The number of aromatic nitrogens is 2. The van der Waals surface area contributed by atoms with Crippen molar-refractivity contribution >= 4 is 0 Å². The van der Waals surface area contributed by atoms with E-state index < -0.39 is 11.6 Å². The lowest BCUT2D eigenvalue weighted by Gasteiger charge is -2.04. The van der Waals surface area contributed by atoms with Crippen molar-refractivity contribution in [3.63, 3.8) is 0 Å². The van der Waals surface area contributed by atoms with E-state index in [4.69, 9.17) is 14.9 Å². The lowest BCUT2D eigenvalue weighted by Crippen LogP contribution is -2.04. The summed E-state index contributed by atoms with van der Waals surface area (Å²) in [5.74, 6) is -1.10. The van der Waals surface area contributed by atoms with E-state index in [2.05, 4.69) is 10.2 Å². The van der Waals surface area contributed by atoms with Crippen LogP contribution in [0.25, 0.3) is 0 Å². The summed E-state index contributed by atoms with van der Waals surface area (Å²) in [5.41, 5.74) is 5.54. The highest BCUT2D eigenvalue weighted by atomic mass is 19.1. The molecule has 2 N–H and O–H groups in total. The summed E-state index contributed by atoms with van der Waals surface area (Å²) < 4.78 is 36.1. The molecule has 5 nitrogen and oxygen atoms in total. The van der Waals surface area contributed by atoms with Gasteiger partial charge in [0.05, 0.1) is 6.04 Å². The third kappa shape index (κ3) is 2.80. The van der Waals surface area contributed by atoms with Crippen LogP contribution < -0.4 is 10.5 Å². The van der Waals surface area contributed by atoms with Crippen molar-refractivity contribution in [1.82, 2.24) is 10.2 Å². The van der Waals surface area contributed by atoms with Gasteiger partial charge in [0.25, 0.3) is 5.89 Å². The fraction of sp³-hybridized carbons (Fsp3) is 0.273. The standard InChI is InChI=1S/C11H11F2N3O2/c1-6(14)11-16-15-10(18-11)5-17-9-3-2-7(12)4-8(9)13/h2-4,6H,5,14H2,1H3. The van der Waals surface area contributed by atoms with Gasteiger partial charge in [0.15, 0.2) is 18.2 Å². The highest BCUT2D eigenvalue weighted by Gasteiger charge is 2.11. The summed E-state index contributed by atoms with van der Waals surface area (Å²) in [4.78, 5) is 0. The molecule has 0 aliphatic rings. The highest BCUT2D eigenvalue weighted by Crippen LogP contribution is 2.19. The average Bonchev–Trinajstić information content (AvgIpc) is 2.76. The number of hydrogen-bond acceptors (Lipinski definition) is 5. The first-order chi connectivity index (χ1) is 8.56. The zero-order chi connectivity index (χ0) is 13.1. The minimum absolute atomic E-state index is 0.0862. The summed E-state index contributed by atoms with van der Waals surface area (Å²) >= 11 is 0. The van der Waals surface area contributed by atoms with Crippen LogP contribution in [0.5, 0.6) is 5.75 Å². The van der Waals surface area contributed by atoms with Gasteiger partial charge in [-0.25, -0.2) is 8.78 Å². The Bertz CT molecular complexity index is 543. The van der Waals surface area contributed by atoms with Gasteiger partial charge in [-0.05, 0) is 19.1 Å². The second kappa shape index (κ2) is 5.09. The van der Waals surface area contributed by atoms with Crippen LogP contribution in [-0.2, 0) is 6.61 Å². The molecule has 96 valence electrons. The number of rotatable bonds is 4. The van der Waals surface area contributed by atoms with Crippen molar-refractivity contribution in [2.75, 3.05) is 0 Å². The second-order valence-electron chi connectivity index (χ2n) is 3.69. The van der Waals surface area contributed by atoms with Gasteiger partial charge in [-0.15, -0.1) is 10.2 Å². The van der Waals surface area contributed by atoms with Gasteiger partial charge < -0.3 is 14.9 Å². The predicted molar refractivity (Wildman–Crippen MR) is 57.6 cm³/mol. The van der Waals surface area contributed by atoms with Crippen molar-refractivity contribution < 1.29 is 17.9 Å². The lowest BCUT2D eigenvalue weighted by atomic mass is 10.3. The zero-order valence-corrected chi connectivity index (χ0v) is 9.56. The normalized spacial score (nSPS) is 12.4. The van der Waals surface area contributed by atoms with Crippen LogP contribution in [0, 0.1) is 11.6 Å². The first kappa shape index (κ1) is 12.4. The van der Waals surface area contributed by atoms with E-state index in [1.807, 2.05) is 0 Å². The molecule has 1 atom stereocenters. The van der Waals surface area contributed by atoms with E-state index in [0.29, 0.717) is 0 Å². The Labute approximate surface area is 102 Å². The topological polar surface area (TPSA) is 74.2 Å². The minimum Gasteiger partial charge on any atom is -0.481 e. The molecular weight excluding hydrogens is 244 g/mol. The summed E-state index contributed by atoms with van der Waals surface area (Å²) in [6.45, 7) is 1.58. The van der Waals surface area contributed by atoms with Gasteiger partial charge in [0.2, 0.25) is 5.89 Å². The molecule has 0 saturated heterocycles. The number of hydrogen-bond donors (Lipinski definition) is 1. The van der Waals surface area contributed by atoms with Crippen molar-refractivity contribution in [1.29, 1.82) is 0 Å². The first-order valence-corrected chi connectivity index (χ1v) is 5.22. The average molecular weight is 255 g/mol. The molecule has 2 aromatic rings. The molecule has 0 aliphatic heterocycles. The molecule has 0 saturated carbocycles. The highest BCUT2D eigenvalue weighted by molar-refractivity contribution is 5.24. The van der Waals surface area contributed by atoms with E-state index in [0.717, 1.165) is 12.1 Å². The van der Waals surface area contributed by atoms with Crippen LogP contribution in [0.4, 0.5) is 8.78 Å². The van der Waals surface area contributed by atoms with Gasteiger partial charge >= 0.3 is 0 Å². The van der Waals surface area contributed by atoms with Crippen LogP contribution in [0.3, 0.4) is 0 Å². The zero-order valence-electron chi connectivity index (χ0n) is 9.56. The predicted octanol–water partition coefficient (Wildman–Crippen LogP) is 1.95. The Kier molecular flexibility index (Phi) is 3.52. The SMILES string of the molecule is CC(N)c1nnc(COc2ccc(F)cc2F)o1. The molecule has 0 bridgehead atoms. The number of ether oxygens (including phenoxy) is 1. The Morgan fingerprint density at radius 2 is 2.17 bits per heavy atom. The van der Waals surface area contributed by atoms with Crippen molar-refractivity contribution in [3.05, 3.63) is 41.6 Å². The van der Waals surface area contributed by atoms with Gasteiger partial charge in [-0.1, -0.05) is 0 Å². The van der Waals surface area contributed by atoms with E-state index in [1.54, 1.807) is 6.92 Å². The number of nitrogens with zero attached hydrogens (tertiary/aromatic N) is 2. The minimum atomic E-state index is -0.790. The molecule has 1 aromatic heterocycles. The summed E-state index contributed by atoms with van der Waals surface area (Å²) in [6, 6.07) is 2.64. The molecule has 0 amide bonds. The maximum atomic E-state index is 13.2. The fourth-order valence-electron chi connectivity index (χ4n) is 1.24. The molecule has 0 aliphatic carbocycles. The van der Waals surface area contributed by atoms with Crippen molar-refractivity contribution in [2.45, 2.75) is 19.6 Å². The number of benzene rings is 1. The van der Waals surface area contributed by atoms with Crippen molar-refractivity contribution in [2.24, 2.45) is 5.73 Å². The van der Waals surface area contributed by atoms with Crippen molar-refractivity contribution in [3.8, 4) is 5.75 Å². The molecule has 7 heteroatoms. The van der Waals surface area contributed by atoms with Crippen LogP contribution in [0.15, 0.2) is 22.6 Å². The number of nitrogens with two attached hydrogens (primary N) is 1. The molecule has 1 aromatic carbocycles. The maximum Gasteiger partial charge on any atom is 0.253 e. The number of halogens is 2. The third-order valence-electron chi connectivity index (χ3n) is 2.12. The molecule has 1 unspecified atom stereocenters. The van der Waals surface area contributed by atoms with Crippen LogP contribution >= 0.6 is 0 Å². The lowest BCUT2D eigenvalue weighted by molar-refractivity contribution is 0.246. The Balaban J connectivity index is 2.02. The van der Waals surface area contributed by atoms with Gasteiger partial charge in [0, 0.05) is 6.07 Å². The van der Waals surface area contributed by atoms with Gasteiger partial charge in [-0.3, -0.25) is 0 Å². The third-order valence-corrected chi connectivity index (χ3v) is 2.12. The Morgan fingerprint density at radius 3 is 2.78 bits per heavy atom. The first-order valence-electron chi connectivity index (χ1n) is 5.22. The van der Waals surface area contributed by atoms with E-state index in [1.165, 1.54) is 6.07 Å². The molecule has 2 rings (SSSR count). The second-order valence-corrected chi connectivity index (χ2v) is 3.69. The largest absolute Gasteiger partial charge is 0.481 e. The molecule has 0 spiro atoms. The molecule has 0 fully saturated rings. The van der Waals surface area contributed by atoms with Crippen LogP contribution in [-0.4, -0.2) is 10.2 Å². The quantitative estimate of drug-likeness (QED) is 0.903. The summed E-state index contributed by atoms with van der Waals surface area (Å²) in [5, 5.41) is 7.37. The summed E-state index contributed by atoms with van der Waals surface area (Å²) in [6.07, 6.45) is 0. The molecule has 18 heavy (non-hydrogen) atoms. The van der Waals surface area contributed by atoms with E-state index in [-0.39, 0.29) is 30.2 Å². The monoisotopic (exact) mass is 255 g/mol. The maximum absolute atomic E-state index is 13.2. The molecular formula is C11H11F2N3O2. The van der Waals surface area contributed by atoms with Crippen LogP contribution in [0.2, 0.25) is 0 Å². The van der Waals surface area contributed by atoms with Crippen LogP contribution in [0.1, 0.15) is 24.7 Å². The van der Waals surface area contributed by atoms with E-state index in [9.17, 15) is 8.78 Å². The molecule has 1 heterocycles. The Morgan fingerprint density at radius 1 is 1.39 bits per heavy atom. The van der Waals surface area contributed by atoms with E-state index >= 15 is 0 Å².